The number of allylic oxidation sites excluding steroid dienone is 2. The Morgan fingerprint density at radius 2 is 0.794 bits per heavy atom. The van der Waals surface area contributed by atoms with Crippen LogP contribution in [0.15, 0.2) is 12.2 Å². The molecule has 0 bridgehead atoms. The van der Waals surface area contributed by atoms with E-state index in [-0.39, 0.29) is 19.1 Å². The third kappa shape index (κ3) is 53.0. The maximum absolute atomic E-state index is 13.0. The van der Waals surface area contributed by atoms with Gasteiger partial charge in [-0.2, -0.15) is 0 Å². The van der Waals surface area contributed by atoms with E-state index < -0.39 is 20.0 Å². The van der Waals surface area contributed by atoms with E-state index in [1.165, 1.54) is 231 Å². The van der Waals surface area contributed by atoms with Gasteiger partial charge < -0.3 is 19.8 Å². The number of quaternary nitrogens is 1. The van der Waals surface area contributed by atoms with E-state index in [9.17, 15) is 19.4 Å². The number of phosphoric ester groups is 1. The first-order chi connectivity index (χ1) is 33.0. The molecular formula is C59H120N2O6P+. The molecule has 0 rings (SSSR count). The molecule has 0 saturated heterocycles. The molecule has 0 aromatic rings. The van der Waals surface area contributed by atoms with Crippen molar-refractivity contribution in [3.8, 4) is 0 Å². The average molecular weight is 985 g/mol. The molecule has 8 nitrogen and oxygen atoms in total. The van der Waals surface area contributed by atoms with Crippen LogP contribution in [0.3, 0.4) is 0 Å². The Bertz CT molecular complexity index is 1120. The maximum Gasteiger partial charge on any atom is 0.472 e. The molecule has 3 atom stereocenters. The number of aliphatic hydroxyl groups is 1. The summed E-state index contributed by atoms with van der Waals surface area (Å²) in [5.74, 6) is -0.149. The first-order valence-electron chi connectivity index (χ1n) is 30.1. The maximum atomic E-state index is 13.0. The quantitative estimate of drug-likeness (QED) is 0.0243. The number of hydrogen-bond donors (Lipinski definition) is 3. The van der Waals surface area contributed by atoms with Crippen LogP contribution >= 0.6 is 7.82 Å². The SMILES string of the molecule is CCCCCCC/C=C\CCCCCCCC(=O)NC(COP(=O)(O)OCC[N+](C)(C)C)C(O)CCCCCCCCCCCCCCCCCCCCCCCCCCCCCCCCCC. The van der Waals surface area contributed by atoms with Crippen LogP contribution in [0.2, 0.25) is 0 Å². The number of carbonyl (C=O) groups excluding carboxylic acids is 1. The minimum absolute atomic E-state index is 0.0754. The van der Waals surface area contributed by atoms with Gasteiger partial charge in [-0.15, -0.1) is 0 Å². The van der Waals surface area contributed by atoms with Gasteiger partial charge in [-0.05, 0) is 38.5 Å². The lowest BCUT2D eigenvalue weighted by Crippen LogP contribution is -2.46. The summed E-state index contributed by atoms with van der Waals surface area (Å²) in [6, 6.07) is -0.762. The molecule has 0 aliphatic rings. The molecular weight excluding hydrogens is 864 g/mol. The van der Waals surface area contributed by atoms with E-state index in [0.717, 1.165) is 51.4 Å². The van der Waals surface area contributed by atoms with Gasteiger partial charge in [0.05, 0.1) is 39.9 Å². The molecule has 0 heterocycles. The number of nitrogens with one attached hydrogen (secondary N) is 1. The third-order valence-electron chi connectivity index (χ3n) is 14.0. The molecule has 0 radical (unpaired) electrons. The van der Waals surface area contributed by atoms with E-state index in [4.69, 9.17) is 9.05 Å². The Morgan fingerprint density at radius 1 is 0.485 bits per heavy atom. The zero-order valence-electron chi connectivity index (χ0n) is 46.4. The van der Waals surface area contributed by atoms with Crippen molar-refractivity contribution < 1.29 is 32.9 Å². The summed E-state index contributed by atoms with van der Waals surface area (Å²) in [7, 11) is 1.62. The molecule has 0 fully saturated rings. The van der Waals surface area contributed by atoms with E-state index in [2.05, 4.69) is 31.3 Å². The Morgan fingerprint density at radius 3 is 1.13 bits per heavy atom. The predicted molar refractivity (Wildman–Crippen MR) is 295 cm³/mol. The van der Waals surface area contributed by atoms with Gasteiger partial charge in [0.2, 0.25) is 5.91 Å². The second kappa shape index (κ2) is 51.2. The largest absolute Gasteiger partial charge is 0.472 e. The molecule has 406 valence electrons. The Kier molecular flexibility index (Phi) is 50.6. The molecule has 68 heavy (non-hydrogen) atoms. The van der Waals surface area contributed by atoms with Crippen LogP contribution in [-0.4, -0.2) is 73.4 Å². The van der Waals surface area contributed by atoms with E-state index in [0.29, 0.717) is 23.9 Å². The van der Waals surface area contributed by atoms with Crippen LogP contribution in [0.5, 0.6) is 0 Å². The van der Waals surface area contributed by atoms with Crippen molar-refractivity contribution in [2.75, 3.05) is 40.9 Å². The van der Waals surface area contributed by atoms with E-state index in [1.54, 1.807) is 0 Å². The number of carbonyl (C=O) groups is 1. The second-order valence-corrected chi connectivity index (χ2v) is 23.5. The fraction of sp³-hybridized carbons (Fsp3) is 0.949. The fourth-order valence-corrected chi connectivity index (χ4v) is 10.0. The van der Waals surface area contributed by atoms with E-state index >= 15 is 0 Å². The first kappa shape index (κ1) is 67.2. The van der Waals surface area contributed by atoms with Crippen molar-refractivity contribution in [1.82, 2.24) is 5.32 Å². The monoisotopic (exact) mass is 984 g/mol. The molecule has 3 unspecified atom stereocenters. The predicted octanol–water partition coefficient (Wildman–Crippen LogP) is 18.2. The number of hydrogen-bond acceptors (Lipinski definition) is 5. The number of aliphatic hydroxyl groups excluding tert-OH is 1. The molecule has 0 aliphatic heterocycles. The normalized spacial score (nSPS) is 13.9. The molecule has 0 saturated carbocycles. The molecule has 0 spiro atoms. The van der Waals surface area contributed by atoms with Gasteiger partial charge in [-0.1, -0.05) is 276 Å². The summed E-state index contributed by atoms with van der Waals surface area (Å²) < 4.78 is 23.8. The fourth-order valence-electron chi connectivity index (χ4n) is 9.28. The zero-order valence-corrected chi connectivity index (χ0v) is 47.3. The van der Waals surface area contributed by atoms with Crippen molar-refractivity contribution in [1.29, 1.82) is 0 Å². The molecule has 1 amide bonds. The highest BCUT2D eigenvalue weighted by Crippen LogP contribution is 2.43. The number of rotatable bonds is 56. The number of likely N-dealkylation sites (N-methyl/N-ethyl adjacent to an activating group) is 1. The van der Waals surface area contributed by atoms with Gasteiger partial charge in [0.1, 0.15) is 13.2 Å². The highest BCUT2D eigenvalue weighted by Gasteiger charge is 2.28. The highest BCUT2D eigenvalue weighted by molar-refractivity contribution is 7.47. The summed E-state index contributed by atoms with van der Waals surface area (Å²) in [6.07, 6.45) is 62.9. The van der Waals surface area contributed by atoms with Gasteiger partial charge in [-0.3, -0.25) is 13.8 Å². The number of phosphoric acid groups is 1. The van der Waals surface area contributed by atoms with Gasteiger partial charge in [0, 0.05) is 6.42 Å². The van der Waals surface area contributed by atoms with Gasteiger partial charge in [0.25, 0.3) is 0 Å². The lowest BCUT2D eigenvalue weighted by atomic mass is 10.0. The average Bonchev–Trinajstić information content (AvgIpc) is 3.30. The van der Waals surface area contributed by atoms with Crippen molar-refractivity contribution in [3.63, 3.8) is 0 Å². The minimum atomic E-state index is -4.32. The third-order valence-corrected chi connectivity index (χ3v) is 15.0. The number of unbranched alkanes of at least 4 members (excludes halogenated alkanes) is 41. The molecule has 0 aromatic heterocycles. The summed E-state index contributed by atoms with van der Waals surface area (Å²) in [5, 5.41) is 14.1. The van der Waals surface area contributed by atoms with Crippen LogP contribution in [0.4, 0.5) is 0 Å². The summed E-state index contributed by atoms with van der Waals surface area (Å²) in [5.41, 5.74) is 0. The van der Waals surface area contributed by atoms with Gasteiger partial charge >= 0.3 is 7.82 Å². The van der Waals surface area contributed by atoms with Crippen LogP contribution in [0.1, 0.15) is 309 Å². The molecule has 3 N–H and O–H groups in total. The summed E-state index contributed by atoms with van der Waals surface area (Å²) in [4.78, 5) is 23.3. The van der Waals surface area contributed by atoms with Crippen LogP contribution < -0.4 is 5.32 Å². The Labute approximate surface area is 424 Å². The Hall–Kier alpha value is -0.760. The first-order valence-corrected chi connectivity index (χ1v) is 31.5. The van der Waals surface area contributed by atoms with E-state index in [1.807, 2.05) is 21.1 Å². The molecule has 9 heteroatoms. The van der Waals surface area contributed by atoms with Crippen LogP contribution in [0.25, 0.3) is 0 Å². The smallest absolute Gasteiger partial charge is 0.391 e. The number of amides is 1. The Balaban J connectivity index is 3.98. The van der Waals surface area contributed by atoms with Gasteiger partial charge in [-0.25, -0.2) is 4.57 Å². The zero-order chi connectivity index (χ0) is 49.9. The van der Waals surface area contributed by atoms with Crippen LogP contribution in [0, 0.1) is 0 Å². The highest BCUT2D eigenvalue weighted by atomic mass is 31.2. The molecule has 0 aromatic carbocycles. The second-order valence-electron chi connectivity index (χ2n) is 22.1. The van der Waals surface area contributed by atoms with Crippen LogP contribution in [-0.2, 0) is 18.4 Å². The van der Waals surface area contributed by atoms with Crippen molar-refractivity contribution in [2.24, 2.45) is 0 Å². The minimum Gasteiger partial charge on any atom is -0.391 e. The standard InChI is InChI=1S/C59H119N2O6P/c1-6-8-10-12-14-16-18-20-22-23-24-25-26-27-28-29-30-31-32-33-34-35-36-37-38-39-40-42-44-46-48-50-52-58(62)57(56-67-68(64,65)66-55-54-61(3,4)5)60-59(63)53-51-49-47-45-43-41-21-19-17-15-13-11-9-7-2/h19,21,57-58,62H,6-18,20,22-56H2,1-5H3,(H-,60,63,64,65)/p+1/b21-19-. The van der Waals surface area contributed by atoms with Gasteiger partial charge in [0.15, 0.2) is 0 Å². The summed E-state index contributed by atoms with van der Waals surface area (Å²) in [6.45, 7) is 4.91. The lowest BCUT2D eigenvalue weighted by molar-refractivity contribution is -0.870. The topological polar surface area (TPSA) is 105 Å². The van der Waals surface area contributed by atoms with Crippen molar-refractivity contribution in [2.45, 2.75) is 321 Å². The number of nitrogens with zero attached hydrogens (tertiary/aromatic N) is 1. The molecule has 0 aliphatic carbocycles. The van der Waals surface area contributed by atoms with Crippen molar-refractivity contribution >= 4 is 13.7 Å². The summed E-state index contributed by atoms with van der Waals surface area (Å²) >= 11 is 0. The lowest BCUT2D eigenvalue weighted by Gasteiger charge is -2.26. The van der Waals surface area contributed by atoms with Crippen molar-refractivity contribution in [3.05, 3.63) is 12.2 Å².